The second-order valence-corrected chi connectivity index (χ2v) is 6.03. The molecule has 19 heavy (non-hydrogen) atoms. The lowest BCUT2D eigenvalue weighted by atomic mass is 10.1. The number of hydrogen-bond acceptors (Lipinski definition) is 3. The maximum absolute atomic E-state index is 11.8. The zero-order valence-corrected chi connectivity index (χ0v) is 11.0. The molecule has 4 rings (SSSR count). The maximum Gasteiger partial charge on any atom is 0.260 e. The summed E-state index contributed by atoms with van der Waals surface area (Å²) in [7, 11) is 1.73. The minimum absolute atomic E-state index is 0.227. The van der Waals surface area contributed by atoms with Gasteiger partial charge < -0.3 is 14.9 Å². The van der Waals surface area contributed by atoms with E-state index in [1.54, 1.807) is 11.9 Å². The van der Waals surface area contributed by atoms with Gasteiger partial charge in [0.05, 0.1) is 5.69 Å². The molecule has 0 spiro atoms. The summed E-state index contributed by atoms with van der Waals surface area (Å²) in [4.78, 5) is 15.8. The molecule has 1 N–H and O–H groups in total. The van der Waals surface area contributed by atoms with Gasteiger partial charge in [0.1, 0.15) is 0 Å². The van der Waals surface area contributed by atoms with Gasteiger partial charge in [-0.3, -0.25) is 4.79 Å². The van der Waals surface area contributed by atoms with Crippen molar-refractivity contribution in [1.29, 1.82) is 0 Å². The van der Waals surface area contributed by atoms with Crippen LogP contribution in [0.1, 0.15) is 30.9 Å². The van der Waals surface area contributed by atoms with E-state index in [-0.39, 0.29) is 5.91 Å². The zero-order valence-electron chi connectivity index (χ0n) is 11.0. The first-order valence-electron chi connectivity index (χ1n) is 7.01. The van der Waals surface area contributed by atoms with Crippen LogP contribution >= 0.6 is 0 Å². The monoisotopic (exact) mass is 258 g/mol. The first-order chi connectivity index (χ1) is 9.15. The van der Waals surface area contributed by atoms with Gasteiger partial charge >= 0.3 is 0 Å². The molecule has 100 valence electrons. The van der Waals surface area contributed by atoms with Gasteiger partial charge in [-0.25, -0.2) is 0 Å². The Morgan fingerprint density at radius 1 is 1.32 bits per heavy atom. The van der Waals surface area contributed by atoms with Gasteiger partial charge in [0.2, 0.25) is 0 Å². The topological polar surface area (TPSA) is 43.8 Å². The van der Waals surface area contributed by atoms with E-state index in [1.807, 2.05) is 6.07 Å². The quantitative estimate of drug-likeness (QED) is 0.833. The highest BCUT2D eigenvalue weighted by atomic mass is 16.3. The maximum atomic E-state index is 11.8. The summed E-state index contributed by atoms with van der Waals surface area (Å²) < 4.78 is 0. The molecular weight excluding hydrogens is 240 g/mol. The van der Waals surface area contributed by atoms with E-state index in [2.05, 4.69) is 17.0 Å². The largest absolute Gasteiger partial charge is 0.378 e. The van der Waals surface area contributed by atoms with E-state index in [9.17, 15) is 9.90 Å². The van der Waals surface area contributed by atoms with E-state index >= 15 is 0 Å². The third-order valence-corrected chi connectivity index (χ3v) is 4.98. The van der Waals surface area contributed by atoms with Gasteiger partial charge in [0, 0.05) is 30.9 Å². The van der Waals surface area contributed by atoms with E-state index in [4.69, 9.17) is 0 Å². The second-order valence-electron chi connectivity index (χ2n) is 6.03. The number of likely N-dealkylation sites (N-methyl/N-ethyl adjacent to an activating group) is 1. The first kappa shape index (κ1) is 11.3. The smallest absolute Gasteiger partial charge is 0.260 e. The minimum atomic E-state index is -0.982. The Hall–Kier alpha value is -1.55. The highest BCUT2D eigenvalue weighted by molar-refractivity contribution is 6.03. The molecule has 1 aromatic rings. The number of piperidine rings is 1. The average molecular weight is 258 g/mol. The lowest BCUT2D eigenvalue weighted by Gasteiger charge is -2.29. The van der Waals surface area contributed by atoms with Crippen LogP contribution < -0.4 is 9.80 Å². The van der Waals surface area contributed by atoms with Crippen molar-refractivity contribution in [3.63, 3.8) is 0 Å². The summed E-state index contributed by atoms with van der Waals surface area (Å²) in [5, 5.41) is 9.88. The van der Waals surface area contributed by atoms with Crippen molar-refractivity contribution >= 4 is 17.3 Å². The van der Waals surface area contributed by atoms with Gasteiger partial charge in [-0.05, 0) is 37.3 Å². The molecular formula is C15H18N2O2. The highest BCUT2D eigenvalue weighted by Crippen LogP contribution is 2.43. The summed E-state index contributed by atoms with van der Waals surface area (Å²) in [6.45, 7) is 1.14. The Morgan fingerprint density at radius 3 is 2.84 bits per heavy atom. The molecule has 0 radical (unpaired) electrons. The molecule has 1 amide bonds. The Labute approximate surface area is 112 Å². The summed E-state index contributed by atoms with van der Waals surface area (Å²) in [6.07, 6.45) is 2.99. The second kappa shape index (κ2) is 3.73. The Morgan fingerprint density at radius 2 is 2.16 bits per heavy atom. The van der Waals surface area contributed by atoms with E-state index in [1.165, 1.54) is 24.9 Å². The molecule has 0 aromatic heterocycles. The fourth-order valence-electron chi connectivity index (χ4n) is 3.91. The van der Waals surface area contributed by atoms with Crippen LogP contribution in [0.2, 0.25) is 0 Å². The first-order valence-corrected chi connectivity index (χ1v) is 7.01. The number of anilines is 2. The van der Waals surface area contributed by atoms with Crippen molar-refractivity contribution in [3.8, 4) is 0 Å². The van der Waals surface area contributed by atoms with Crippen LogP contribution in [0, 0.1) is 5.92 Å². The molecule has 4 nitrogen and oxygen atoms in total. The highest BCUT2D eigenvalue weighted by Gasteiger charge is 2.39. The number of rotatable bonds is 1. The number of hydrogen-bond donors (Lipinski definition) is 1. The molecule has 1 saturated heterocycles. The summed E-state index contributed by atoms with van der Waals surface area (Å²) in [6, 6.07) is 6.69. The fraction of sp³-hybridized carbons (Fsp3) is 0.533. The van der Waals surface area contributed by atoms with Crippen LogP contribution in [-0.4, -0.2) is 30.6 Å². The van der Waals surface area contributed by atoms with Gasteiger partial charge in [0.15, 0.2) is 6.10 Å². The van der Waals surface area contributed by atoms with E-state index in [0.29, 0.717) is 6.04 Å². The molecule has 1 aliphatic carbocycles. The van der Waals surface area contributed by atoms with Gasteiger partial charge in [0.25, 0.3) is 5.91 Å². The van der Waals surface area contributed by atoms with Crippen molar-refractivity contribution in [2.75, 3.05) is 23.4 Å². The van der Waals surface area contributed by atoms with Crippen LogP contribution in [0.3, 0.4) is 0 Å². The van der Waals surface area contributed by atoms with Gasteiger partial charge in [-0.15, -0.1) is 0 Å². The molecule has 2 fully saturated rings. The van der Waals surface area contributed by atoms with Crippen molar-refractivity contribution in [2.45, 2.75) is 31.4 Å². The van der Waals surface area contributed by atoms with Crippen molar-refractivity contribution < 1.29 is 9.90 Å². The molecule has 1 saturated carbocycles. The van der Waals surface area contributed by atoms with Gasteiger partial charge in [-0.2, -0.15) is 0 Å². The predicted molar refractivity (Wildman–Crippen MR) is 73.3 cm³/mol. The van der Waals surface area contributed by atoms with E-state index in [0.717, 1.165) is 23.7 Å². The minimum Gasteiger partial charge on any atom is -0.378 e. The lowest BCUT2D eigenvalue weighted by Crippen LogP contribution is -2.31. The number of benzene rings is 1. The average Bonchev–Trinajstić information content (AvgIpc) is 3.11. The van der Waals surface area contributed by atoms with Crippen molar-refractivity contribution in [2.24, 2.45) is 5.92 Å². The number of nitrogens with zero attached hydrogens (tertiary/aromatic N) is 2. The zero-order chi connectivity index (χ0) is 13.1. The van der Waals surface area contributed by atoms with Crippen LogP contribution in [0.25, 0.3) is 0 Å². The normalized spacial score (nSPS) is 32.3. The van der Waals surface area contributed by atoms with Crippen LogP contribution in [0.4, 0.5) is 11.4 Å². The third kappa shape index (κ3) is 1.46. The SMILES string of the molecule is CN1C(=O)C(O)c2ccc(N3CC4CCC3C4)cc21. The Balaban J connectivity index is 1.71. The van der Waals surface area contributed by atoms with Crippen molar-refractivity contribution in [3.05, 3.63) is 23.8 Å². The van der Waals surface area contributed by atoms with Crippen LogP contribution in [0.5, 0.6) is 0 Å². The third-order valence-electron chi connectivity index (χ3n) is 4.98. The predicted octanol–water partition coefficient (Wildman–Crippen LogP) is 1.69. The molecule has 2 aliphatic heterocycles. The molecule has 1 aromatic carbocycles. The summed E-state index contributed by atoms with van der Waals surface area (Å²) in [5.74, 6) is 0.623. The molecule has 3 atom stereocenters. The number of amides is 1. The van der Waals surface area contributed by atoms with Gasteiger partial charge in [-0.1, -0.05) is 6.07 Å². The number of fused-ring (bicyclic) bond motifs is 3. The number of carbonyl (C=O) groups excluding carboxylic acids is 1. The Bertz CT molecular complexity index is 557. The summed E-state index contributed by atoms with van der Waals surface area (Å²) in [5.41, 5.74) is 2.79. The number of carbonyl (C=O) groups is 1. The number of aliphatic hydroxyl groups excluding tert-OH is 1. The fourth-order valence-corrected chi connectivity index (χ4v) is 3.91. The molecule has 3 unspecified atom stereocenters. The molecule has 2 bridgehead atoms. The lowest BCUT2D eigenvalue weighted by molar-refractivity contribution is -0.125. The molecule has 4 heteroatoms. The molecule has 2 heterocycles. The van der Waals surface area contributed by atoms with E-state index < -0.39 is 6.10 Å². The van der Waals surface area contributed by atoms with Crippen LogP contribution in [-0.2, 0) is 4.79 Å². The molecule has 3 aliphatic rings. The van der Waals surface area contributed by atoms with Crippen LogP contribution in [0.15, 0.2) is 18.2 Å². The Kier molecular flexibility index (Phi) is 2.22. The standard InChI is InChI=1S/C15H18N2O2/c1-16-13-7-11(4-5-12(13)14(18)15(16)19)17-8-9-2-3-10(17)6-9/h4-5,7,9-10,14,18H,2-3,6,8H2,1H3. The number of aliphatic hydroxyl groups is 1. The summed E-state index contributed by atoms with van der Waals surface area (Å²) >= 11 is 0. The van der Waals surface area contributed by atoms with Crippen molar-refractivity contribution in [1.82, 2.24) is 0 Å².